The molecule has 1 aromatic heterocycles. The van der Waals surface area contributed by atoms with Crippen molar-refractivity contribution in [3.63, 3.8) is 0 Å². The molecule has 1 aromatic carbocycles. The van der Waals surface area contributed by atoms with Crippen molar-refractivity contribution in [2.24, 2.45) is 5.92 Å². The molecule has 18 heavy (non-hydrogen) atoms. The monoisotopic (exact) mass is 312 g/mol. The molecule has 0 aliphatic heterocycles. The van der Waals surface area contributed by atoms with E-state index in [-0.39, 0.29) is 5.82 Å². The van der Waals surface area contributed by atoms with E-state index in [1.807, 2.05) is 0 Å². The van der Waals surface area contributed by atoms with E-state index in [9.17, 15) is 4.39 Å². The predicted octanol–water partition coefficient (Wildman–Crippen LogP) is 4.02. The van der Waals surface area contributed by atoms with Gasteiger partial charge in [0.2, 0.25) is 0 Å². The van der Waals surface area contributed by atoms with Crippen molar-refractivity contribution in [2.75, 3.05) is 5.73 Å². The number of benzene rings is 1. The number of hydrogen-bond donors (Lipinski definition) is 1. The lowest BCUT2D eigenvalue weighted by atomic mass is 10.00. The van der Waals surface area contributed by atoms with Crippen LogP contribution in [-0.4, -0.2) is 5.16 Å². The van der Waals surface area contributed by atoms with E-state index >= 15 is 0 Å². The van der Waals surface area contributed by atoms with Gasteiger partial charge >= 0.3 is 0 Å². The molecule has 0 saturated carbocycles. The maximum Gasteiger partial charge on any atom is 0.172 e. The fraction of sp³-hybridized carbons (Fsp3) is 0.308. The van der Waals surface area contributed by atoms with E-state index in [1.54, 1.807) is 6.07 Å². The molecule has 0 atom stereocenters. The largest absolute Gasteiger partial charge is 0.381 e. The van der Waals surface area contributed by atoms with Gasteiger partial charge in [0.1, 0.15) is 5.82 Å². The first-order chi connectivity index (χ1) is 8.47. The van der Waals surface area contributed by atoms with Crippen LogP contribution in [0.25, 0.3) is 11.3 Å². The number of rotatable bonds is 3. The molecule has 0 bridgehead atoms. The van der Waals surface area contributed by atoms with Gasteiger partial charge in [0.25, 0.3) is 0 Å². The Balaban J connectivity index is 2.50. The second kappa shape index (κ2) is 5.10. The van der Waals surface area contributed by atoms with Gasteiger partial charge in [-0.3, -0.25) is 0 Å². The Hall–Kier alpha value is -1.36. The molecule has 0 radical (unpaired) electrons. The minimum absolute atomic E-state index is 0.329. The highest BCUT2D eigenvalue weighted by atomic mass is 79.9. The lowest BCUT2D eigenvalue weighted by Crippen LogP contribution is -1.99. The number of halogens is 2. The fourth-order valence-corrected chi connectivity index (χ4v) is 2.30. The van der Waals surface area contributed by atoms with E-state index in [1.165, 1.54) is 12.1 Å². The van der Waals surface area contributed by atoms with Gasteiger partial charge in [-0.1, -0.05) is 34.9 Å². The zero-order valence-electron chi connectivity index (χ0n) is 10.2. The van der Waals surface area contributed by atoms with Crippen LogP contribution in [0.3, 0.4) is 0 Å². The van der Waals surface area contributed by atoms with Crippen LogP contribution in [0.1, 0.15) is 19.4 Å². The Morgan fingerprint density at radius 1 is 1.39 bits per heavy atom. The maximum absolute atomic E-state index is 13.4. The quantitative estimate of drug-likeness (QED) is 0.931. The second-order valence-corrected chi connectivity index (χ2v) is 5.55. The van der Waals surface area contributed by atoms with Crippen molar-refractivity contribution in [1.82, 2.24) is 5.16 Å². The minimum Gasteiger partial charge on any atom is -0.381 e. The van der Waals surface area contributed by atoms with Gasteiger partial charge in [-0.25, -0.2) is 4.39 Å². The van der Waals surface area contributed by atoms with Crippen molar-refractivity contribution in [3.8, 4) is 11.3 Å². The summed E-state index contributed by atoms with van der Waals surface area (Å²) in [5.74, 6) is 1.01. The maximum atomic E-state index is 13.4. The smallest absolute Gasteiger partial charge is 0.172 e. The Morgan fingerprint density at radius 2 is 2.11 bits per heavy atom. The Bertz CT molecular complexity index is 546. The lowest BCUT2D eigenvalue weighted by Gasteiger charge is -2.05. The predicted molar refractivity (Wildman–Crippen MR) is 72.6 cm³/mol. The van der Waals surface area contributed by atoms with Crippen molar-refractivity contribution in [3.05, 3.63) is 34.1 Å². The molecule has 2 N–H and O–H groups in total. The van der Waals surface area contributed by atoms with Crippen molar-refractivity contribution in [2.45, 2.75) is 20.3 Å². The van der Waals surface area contributed by atoms with Gasteiger partial charge in [0, 0.05) is 15.6 Å². The highest BCUT2D eigenvalue weighted by Crippen LogP contribution is 2.31. The Morgan fingerprint density at radius 3 is 2.72 bits per heavy atom. The topological polar surface area (TPSA) is 52.0 Å². The molecule has 0 unspecified atom stereocenters. The van der Waals surface area contributed by atoms with E-state index in [2.05, 4.69) is 34.9 Å². The number of nitrogens with two attached hydrogens (primary N) is 1. The molecule has 1 heterocycles. The standard InChI is InChI=1S/C13H14BrFN2O/c1-7(2)3-11-12(18-17-13(11)16)8-4-9(14)6-10(15)5-8/h4-7H,3H2,1-2H3,(H2,16,17). The van der Waals surface area contributed by atoms with Gasteiger partial charge in [-0.15, -0.1) is 0 Å². The zero-order chi connectivity index (χ0) is 13.3. The second-order valence-electron chi connectivity index (χ2n) is 4.63. The lowest BCUT2D eigenvalue weighted by molar-refractivity contribution is 0.434. The summed E-state index contributed by atoms with van der Waals surface area (Å²) in [6, 6.07) is 4.59. The first kappa shape index (κ1) is 13.1. The van der Waals surface area contributed by atoms with Gasteiger partial charge in [-0.2, -0.15) is 0 Å². The molecule has 2 rings (SSSR count). The van der Waals surface area contributed by atoms with Gasteiger partial charge in [-0.05, 0) is 30.5 Å². The van der Waals surface area contributed by atoms with Crippen molar-refractivity contribution in [1.29, 1.82) is 0 Å². The number of aromatic nitrogens is 1. The Labute approximate surface area is 113 Å². The number of hydrogen-bond acceptors (Lipinski definition) is 3. The summed E-state index contributed by atoms with van der Waals surface area (Å²) in [6.07, 6.45) is 0.749. The summed E-state index contributed by atoms with van der Waals surface area (Å²) in [5.41, 5.74) is 7.27. The Kier molecular flexibility index (Phi) is 3.71. The third-order valence-electron chi connectivity index (χ3n) is 2.56. The summed E-state index contributed by atoms with van der Waals surface area (Å²) in [5, 5.41) is 3.77. The minimum atomic E-state index is -0.329. The van der Waals surface area contributed by atoms with Crippen LogP contribution in [0.15, 0.2) is 27.2 Å². The zero-order valence-corrected chi connectivity index (χ0v) is 11.8. The molecule has 0 spiro atoms. The molecule has 0 saturated heterocycles. The van der Waals surface area contributed by atoms with Gasteiger partial charge in [0.15, 0.2) is 11.6 Å². The third kappa shape index (κ3) is 2.72. The average Bonchev–Trinajstić information content (AvgIpc) is 2.58. The summed E-state index contributed by atoms with van der Waals surface area (Å²) in [4.78, 5) is 0. The fourth-order valence-electron chi connectivity index (χ4n) is 1.84. The van der Waals surface area contributed by atoms with Crippen LogP contribution < -0.4 is 5.73 Å². The molecule has 0 fully saturated rings. The molecule has 3 nitrogen and oxygen atoms in total. The normalized spacial score (nSPS) is 11.2. The van der Waals surface area contributed by atoms with Crippen LogP contribution in [-0.2, 0) is 6.42 Å². The molecule has 2 aromatic rings. The first-order valence-electron chi connectivity index (χ1n) is 5.68. The number of nitrogens with zero attached hydrogens (tertiary/aromatic N) is 1. The average molecular weight is 313 g/mol. The van der Waals surface area contributed by atoms with E-state index in [0.29, 0.717) is 27.5 Å². The van der Waals surface area contributed by atoms with Crippen LogP contribution in [0, 0.1) is 11.7 Å². The summed E-state index contributed by atoms with van der Waals surface area (Å²) >= 11 is 3.26. The highest BCUT2D eigenvalue weighted by molar-refractivity contribution is 9.10. The summed E-state index contributed by atoms with van der Waals surface area (Å²) < 4.78 is 19.3. The van der Waals surface area contributed by atoms with E-state index in [4.69, 9.17) is 10.3 Å². The van der Waals surface area contributed by atoms with Crippen LogP contribution in [0.2, 0.25) is 0 Å². The summed E-state index contributed by atoms with van der Waals surface area (Å²) in [7, 11) is 0. The van der Waals surface area contributed by atoms with Crippen LogP contribution >= 0.6 is 15.9 Å². The van der Waals surface area contributed by atoms with E-state index in [0.717, 1.165) is 12.0 Å². The van der Waals surface area contributed by atoms with Crippen LogP contribution in [0.5, 0.6) is 0 Å². The van der Waals surface area contributed by atoms with Gasteiger partial charge in [0.05, 0.1) is 0 Å². The number of nitrogen functional groups attached to an aromatic ring is 1. The van der Waals surface area contributed by atoms with Crippen molar-refractivity contribution < 1.29 is 8.91 Å². The molecular formula is C13H14BrFN2O. The molecular weight excluding hydrogens is 299 g/mol. The summed E-state index contributed by atoms with van der Waals surface area (Å²) in [6.45, 7) is 4.16. The number of anilines is 1. The van der Waals surface area contributed by atoms with Gasteiger partial charge < -0.3 is 10.3 Å². The third-order valence-corrected chi connectivity index (χ3v) is 3.01. The first-order valence-corrected chi connectivity index (χ1v) is 6.47. The SMILES string of the molecule is CC(C)Cc1c(N)noc1-c1cc(F)cc(Br)c1. The van der Waals surface area contributed by atoms with Crippen LogP contribution in [0.4, 0.5) is 10.2 Å². The molecule has 0 aliphatic rings. The van der Waals surface area contributed by atoms with Crippen molar-refractivity contribution >= 4 is 21.7 Å². The highest BCUT2D eigenvalue weighted by Gasteiger charge is 2.17. The molecule has 96 valence electrons. The molecule has 0 amide bonds. The molecule has 0 aliphatic carbocycles. The van der Waals surface area contributed by atoms with E-state index < -0.39 is 0 Å². The molecule has 5 heteroatoms.